The Morgan fingerprint density at radius 1 is 1.19 bits per heavy atom. The Morgan fingerprint density at radius 3 is 2.48 bits per heavy atom. The molecule has 0 saturated heterocycles. The van der Waals surface area contributed by atoms with Crippen molar-refractivity contribution in [2.75, 3.05) is 13.6 Å². The van der Waals surface area contributed by atoms with E-state index in [9.17, 15) is 8.42 Å². The Hall–Kier alpha value is -0.330. The van der Waals surface area contributed by atoms with E-state index < -0.39 is 10.0 Å². The Balaban J connectivity index is 2.19. The van der Waals surface area contributed by atoms with E-state index in [4.69, 9.17) is 23.2 Å². The van der Waals surface area contributed by atoms with Crippen LogP contribution < -0.4 is 10.0 Å². The fourth-order valence-electron chi connectivity index (χ4n) is 2.62. The highest BCUT2D eigenvalue weighted by atomic mass is 35.5. The van der Waals surface area contributed by atoms with Crippen LogP contribution in [0.3, 0.4) is 0 Å². The SMILES string of the molecule is CNCc1cc(S(=O)(=O)NCC2CCCC2)c(Cl)cc1Cl. The van der Waals surface area contributed by atoms with Gasteiger partial charge in [-0.25, -0.2) is 13.1 Å². The molecule has 0 heterocycles. The fraction of sp³-hybridized carbons (Fsp3) is 0.571. The first-order valence-electron chi connectivity index (χ1n) is 7.06. The molecule has 0 unspecified atom stereocenters. The van der Waals surface area contributed by atoms with Crippen molar-refractivity contribution in [2.45, 2.75) is 37.1 Å². The summed E-state index contributed by atoms with van der Waals surface area (Å²) >= 11 is 12.1. The minimum absolute atomic E-state index is 0.0943. The van der Waals surface area contributed by atoms with Crippen LogP contribution in [0.5, 0.6) is 0 Å². The average molecular weight is 351 g/mol. The highest BCUT2D eigenvalue weighted by Crippen LogP contribution is 2.29. The van der Waals surface area contributed by atoms with Gasteiger partial charge in [0.25, 0.3) is 0 Å². The van der Waals surface area contributed by atoms with Crippen LogP contribution in [0.4, 0.5) is 0 Å². The molecule has 2 N–H and O–H groups in total. The number of benzene rings is 1. The standard InChI is InChI=1S/C14H20Cl2N2O2S/c1-17-9-11-6-14(13(16)7-12(11)15)21(19,20)18-8-10-4-2-3-5-10/h6-7,10,17-18H,2-5,8-9H2,1H3. The Bertz CT molecular complexity index is 599. The number of halogens is 2. The van der Waals surface area contributed by atoms with Crippen LogP contribution >= 0.6 is 23.2 Å². The van der Waals surface area contributed by atoms with Crippen molar-refractivity contribution in [3.05, 3.63) is 27.7 Å². The van der Waals surface area contributed by atoms with Crippen LogP contribution in [-0.2, 0) is 16.6 Å². The Kier molecular flexibility index (Phi) is 5.91. The summed E-state index contributed by atoms with van der Waals surface area (Å²) in [6.07, 6.45) is 4.53. The van der Waals surface area contributed by atoms with Crippen molar-refractivity contribution in [1.82, 2.24) is 10.0 Å². The lowest BCUT2D eigenvalue weighted by molar-refractivity contribution is 0.519. The van der Waals surface area contributed by atoms with E-state index in [0.29, 0.717) is 29.6 Å². The Morgan fingerprint density at radius 2 is 1.86 bits per heavy atom. The van der Waals surface area contributed by atoms with E-state index in [0.717, 1.165) is 12.8 Å². The normalized spacial score (nSPS) is 16.5. The third kappa shape index (κ3) is 4.33. The van der Waals surface area contributed by atoms with Gasteiger partial charge in [0.15, 0.2) is 0 Å². The highest BCUT2D eigenvalue weighted by Gasteiger charge is 2.22. The van der Waals surface area contributed by atoms with Crippen molar-refractivity contribution in [3.8, 4) is 0 Å². The van der Waals surface area contributed by atoms with Gasteiger partial charge < -0.3 is 5.32 Å². The van der Waals surface area contributed by atoms with E-state index >= 15 is 0 Å². The van der Waals surface area contributed by atoms with Crippen molar-refractivity contribution in [2.24, 2.45) is 5.92 Å². The van der Waals surface area contributed by atoms with Gasteiger partial charge in [-0.1, -0.05) is 36.0 Å². The number of rotatable bonds is 6. The monoisotopic (exact) mass is 350 g/mol. The molecule has 0 atom stereocenters. The van der Waals surface area contributed by atoms with Gasteiger partial charge in [-0.05, 0) is 43.5 Å². The molecule has 21 heavy (non-hydrogen) atoms. The number of nitrogens with one attached hydrogen (secondary N) is 2. The van der Waals surface area contributed by atoms with E-state index in [1.807, 2.05) is 0 Å². The van der Waals surface area contributed by atoms with Gasteiger partial charge in [-0.3, -0.25) is 0 Å². The third-order valence-corrected chi connectivity index (χ3v) is 6.03. The topological polar surface area (TPSA) is 58.2 Å². The van der Waals surface area contributed by atoms with Crippen LogP contribution in [0, 0.1) is 5.92 Å². The lowest BCUT2D eigenvalue weighted by Crippen LogP contribution is -2.29. The Labute approximate surface area is 136 Å². The minimum Gasteiger partial charge on any atom is -0.316 e. The molecule has 1 saturated carbocycles. The molecule has 1 aliphatic carbocycles. The van der Waals surface area contributed by atoms with Crippen molar-refractivity contribution < 1.29 is 8.42 Å². The fourth-order valence-corrected chi connectivity index (χ4v) is 4.60. The first kappa shape index (κ1) is 17.0. The molecular formula is C14H20Cl2N2O2S. The van der Waals surface area contributed by atoms with Gasteiger partial charge in [0.05, 0.1) is 5.02 Å². The molecular weight excluding hydrogens is 331 g/mol. The van der Waals surface area contributed by atoms with Crippen molar-refractivity contribution in [1.29, 1.82) is 0 Å². The molecule has 0 bridgehead atoms. The van der Waals surface area contributed by atoms with E-state index in [-0.39, 0.29) is 9.92 Å². The third-order valence-electron chi connectivity index (χ3n) is 3.79. The summed E-state index contributed by atoms with van der Waals surface area (Å²) < 4.78 is 27.5. The largest absolute Gasteiger partial charge is 0.316 e. The number of hydrogen-bond donors (Lipinski definition) is 2. The maximum absolute atomic E-state index is 12.4. The second-order valence-corrected chi connectivity index (χ2v) is 7.96. The highest BCUT2D eigenvalue weighted by molar-refractivity contribution is 7.89. The predicted molar refractivity (Wildman–Crippen MR) is 86.4 cm³/mol. The van der Waals surface area contributed by atoms with Crippen molar-refractivity contribution in [3.63, 3.8) is 0 Å². The van der Waals surface area contributed by atoms with E-state index in [1.54, 1.807) is 7.05 Å². The second-order valence-electron chi connectivity index (χ2n) is 5.41. The smallest absolute Gasteiger partial charge is 0.242 e. The molecule has 2 rings (SSSR count). The van der Waals surface area contributed by atoms with Crippen LogP contribution in [0.15, 0.2) is 17.0 Å². The van der Waals surface area contributed by atoms with Crippen LogP contribution in [-0.4, -0.2) is 22.0 Å². The molecule has 0 aliphatic heterocycles. The molecule has 0 aromatic heterocycles. The zero-order chi connectivity index (χ0) is 15.5. The first-order chi connectivity index (χ1) is 9.94. The number of hydrogen-bond acceptors (Lipinski definition) is 3. The van der Waals surface area contributed by atoms with Gasteiger partial charge in [-0.2, -0.15) is 0 Å². The van der Waals surface area contributed by atoms with Crippen LogP contribution in [0.1, 0.15) is 31.2 Å². The quantitative estimate of drug-likeness (QED) is 0.828. The molecule has 0 amide bonds. The molecule has 1 aromatic carbocycles. The van der Waals surface area contributed by atoms with Crippen LogP contribution in [0.25, 0.3) is 0 Å². The maximum Gasteiger partial charge on any atom is 0.242 e. The van der Waals surface area contributed by atoms with Gasteiger partial charge in [0.2, 0.25) is 10.0 Å². The predicted octanol–water partition coefficient (Wildman–Crippen LogP) is 3.18. The van der Waals surface area contributed by atoms with Gasteiger partial charge in [0, 0.05) is 18.1 Å². The van der Waals surface area contributed by atoms with Crippen molar-refractivity contribution >= 4 is 33.2 Å². The molecule has 4 nitrogen and oxygen atoms in total. The molecule has 1 aliphatic rings. The summed E-state index contributed by atoms with van der Waals surface area (Å²) in [5.74, 6) is 0.433. The summed E-state index contributed by atoms with van der Waals surface area (Å²) in [7, 11) is -1.83. The summed E-state index contributed by atoms with van der Waals surface area (Å²) in [5, 5.41) is 3.57. The molecule has 7 heteroatoms. The summed E-state index contributed by atoms with van der Waals surface area (Å²) in [4.78, 5) is 0.0943. The second kappa shape index (κ2) is 7.29. The minimum atomic E-state index is -3.60. The summed E-state index contributed by atoms with van der Waals surface area (Å²) in [6, 6.07) is 3.03. The average Bonchev–Trinajstić information content (AvgIpc) is 2.93. The van der Waals surface area contributed by atoms with E-state index in [1.165, 1.54) is 25.0 Å². The molecule has 1 fully saturated rings. The maximum atomic E-state index is 12.4. The lowest BCUT2D eigenvalue weighted by atomic mass is 10.1. The molecule has 0 spiro atoms. The van der Waals surface area contributed by atoms with Crippen LogP contribution in [0.2, 0.25) is 10.0 Å². The lowest BCUT2D eigenvalue weighted by Gasteiger charge is -2.14. The molecule has 118 valence electrons. The number of sulfonamides is 1. The van der Waals surface area contributed by atoms with Gasteiger partial charge in [0.1, 0.15) is 4.90 Å². The first-order valence-corrected chi connectivity index (χ1v) is 9.30. The molecule has 1 aromatic rings. The zero-order valence-corrected chi connectivity index (χ0v) is 14.3. The van der Waals surface area contributed by atoms with Gasteiger partial charge >= 0.3 is 0 Å². The molecule has 0 radical (unpaired) electrons. The zero-order valence-electron chi connectivity index (χ0n) is 12.0. The summed E-state index contributed by atoms with van der Waals surface area (Å²) in [6.45, 7) is 0.962. The van der Waals surface area contributed by atoms with E-state index in [2.05, 4.69) is 10.0 Å². The van der Waals surface area contributed by atoms with Gasteiger partial charge in [-0.15, -0.1) is 0 Å². The summed E-state index contributed by atoms with van der Waals surface area (Å²) in [5.41, 5.74) is 0.713.